The van der Waals surface area contributed by atoms with Gasteiger partial charge in [0, 0.05) is 28.1 Å². The largest absolute Gasteiger partial charge is 0.477 e. The maximum absolute atomic E-state index is 12.8. The molecular weight excluding hydrogens is 540 g/mol. The molecule has 0 saturated carbocycles. The molecule has 13 nitrogen and oxygen atoms in total. The Kier molecular flexibility index (Phi) is 8.09. The quantitative estimate of drug-likeness (QED) is 0.163. The summed E-state index contributed by atoms with van der Waals surface area (Å²) in [6.07, 6.45) is -6.23. The minimum absolute atomic E-state index is 0.0277. The summed E-state index contributed by atoms with van der Waals surface area (Å²) >= 11 is 0. The Labute approximate surface area is 233 Å². The Morgan fingerprint density at radius 1 is 1.12 bits per heavy atom. The zero-order chi connectivity index (χ0) is 29.4. The Morgan fingerprint density at radius 2 is 1.88 bits per heavy atom. The van der Waals surface area contributed by atoms with E-state index in [9.17, 15) is 35.1 Å². The van der Waals surface area contributed by atoms with E-state index in [1.165, 1.54) is 19.3 Å². The number of carbonyl (C=O) groups is 2. The predicted octanol–water partition coefficient (Wildman–Crippen LogP) is 0.605. The summed E-state index contributed by atoms with van der Waals surface area (Å²) in [6.45, 7) is 3.21. The molecule has 41 heavy (non-hydrogen) atoms. The van der Waals surface area contributed by atoms with Crippen molar-refractivity contribution in [3.8, 4) is 0 Å². The number of carboxylic acid groups (broad SMARTS) is 1. The van der Waals surface area contributed by atoms with E-state index in [0.717, 1.165) is 17.2 Å². The minimum atomic E-state index is -1.69. The van der Waals surface area contributed by atoms with Gasteiger partial charge in [-0.2, -0.15) is 0 Å². The Bertz CT molecular complexity index is 1500. The number of nitrogens with zero attached hydrogens (tertiary/aromatic N) is 1. The molecule has 218 valence electrons. The lowest BCUT2D eigenvalue weighted by Gasteiger charge is -2.43. The van der Waals surface area contributed by atoms with Crippen molar-refractivity contribution in [3.05, 3.63) is 66.2 Å². The number of hydrogen-bond donors (Lipinski definition) is 6. The molecule has 2 aliphatic heterocycles. The van der Waals surface area contributed by atoms with Crippen LogP contribution in [0, 0.1) is 11.8 Å². The van der Waals surface area contributed by atoms with Gasteiger partial charge >= 0.3 is 11.9 Å². The second-order valence-electron chi connectivity index (χ2n) is 9.88. The van der Waals surface area contributed by atoms with Crippen molar-refractivity contribution < 1.29 is 54.1 Å². The van der Waals surface area contributed by atoms with Gasteiger partial charge in [-0.25, -0.2) is 14.6 Å². The lowest BCUT2D eigenvalue weighted by molar-refractivity contribution is -0.339. The van der Waals surface area contributed by atoms with Gasteiger partial charge < -0.3 is 49.5 Å². The molecule has 0 bridgehead atoms. The van der Waals surface area contributed by atoms with Gasteiger partial charge in [0.25, 0.3) is 0 Å². The molecule has 3 aromatic rings. The van der Waals surface area contributed by atoms with E-state index in [-0.39, 0.29) is 17.7 Å². The predicted molar refractivity (Wildman–Crippen MR) is 141 cm³/mol. The topological polar surface area (TPSA) is 201 Å². The fraction of sp³-hybridized carbons (Fsp3) is 0.393. The summed E-state index contributed by atoms with van der Waals surface area (Å²) in [5.41, 5.74) is 1.64. The van der Waals surface area contributed by atoms with Crippen molar-refractivity contribution in [2.45, 2.75) is 43.4 Å². The highest BCUT2D eigenvalue weighted by Gasteiger charge is 2.47. The van der Waals surface area contributed by atoms with Gasteiger partial charge in [0.15, 0.2) is 6.29 Å². The third-order valence-electron chi connectivity index (χ3n) is 7.52. The molecule has 1 saturated heterocycles. The second-order valence-corrected chi connectivity index (χ2v) is 9.88. The van der Waals surface area contributed by atoms with Crippen LogP contribution < -0.4 is 0 Å². The van der Waals surface area contributed by atoms with Crippen LogP contribution in [0.25, 0.3) is 21.8 Å². The molecule has 1 fully saturated rings. The highest BCUT2D eigenvalue weighted by atomic mass is 16.8. The zero-order valence-corrected chi connectivity index (χ0v) is 21.9. The summed E-state index contributed by atoms with van der Waals surface area (Å²) in [6, 6.07) is 8.87. The molecule has 0 radical (unpaired) electrons. The molecule has 0 amide bonds. The maximum Gasteiger partial charge on any atom is 0.354 e. The number of H-pyrrole nitrogens is 1. The van der Waals surface area contributed by atoms with E-state index in [0.29, 0.717) is 16.6 Å². The standard InChI is InChI=1S/C28H30N2O11/c1-3-12-14(8-18-21-15(9-19(29-18)25(35)36)13-6-4-5-7-17(13)30-21)16(26(37)38-2)11-39-27(12)41-28-24(34)23(33)22(32)20(10-31)40-28/h3-7,9,11-12,14,20,22-24,27-28,30-34H,1,8,10H2,2H3,(H,35,36)/t12-,14+,20-,22-,23+,24-,27+,28+/m1/s1. The lowest BCUT2D eigenvalue weighted by Crippen LogP contribution is -2.60. The third-order valence-corrected chi connectivity index (χ3v) is 7.52. The molecule has 0 spiro atoms. The van der Waals surface area contributed by atoms with Crippen LogP contribution in [0.2, 0.25) is 0 Å². The number of pyridine rings is 1. The van der Waals surface area contributed by atoms with E-state index in [2.05, 4.69) is 16.5 Å². The van der Waals surface area contributed by atoms with Crippen molar-refractivity contribution >= 4 is 33.7 Å². The number of ether oxygens (including phenoxy) is 4. The number of aromatic amines is 1. The van der Waals surface area contributed by atoms with Crippen LogP contribution in [-0.2, 0) is 30.2 Å². The number of aliphatic hydroxyl groups excluding tert-OH is 4. The van der Waals surface area contributed by atoms with Gasteiger partial charge in [-0.3, -0.25) is 0 Å². The van der Waals surface area contributed by atoms with Crippen molar-refractivity contribution in [1.29, 1.82) is 0 Å². The molecule has 0 aliphatic carbocycles. The van der Waals surface area contributed by atoms with E-state index in [1.807, 2.05) is 24.3 Å². The summed E-state index contributed by atoms with van der Waals surface area (Å²) in [5, 5.41) is 51.5. The first kappa shape index (κ1) is 28.7. The monoisotopic (exact) mass is 570 g/mol. The van der Waals surface area contributed by atoms with Crippen LogP contribution in [0.4, 0.5) is 0 Å². The number of esters is 1. The summed E-state index contributed by atoms with van der Waals surface area (Å²) < 4.78 is 22.0. The molecular formula is C28H30N2O11. The fourth-order valence-corrected chi connectivity index (χ4v) is 5.37. The number of methoxy groups -OCH3 is 1. The van der Waals surface area contributed by atoms with Crippen LogP contribution >= 0.6 is 0 Å². The first-order valence-electron chi connectivity index (χ1n) is 12.8. The zero-order valence-electron chi connectivity index (χ0n) is 21.9. The number of carboxylic acids is 1. The Morgan fingerprint density at radius 3 is 2.56 bits per heavy atom. The van der Waals surface area contributed by atoms with Crippen LogP contribution in [0.5, 0.6) is 0 Å². The van der Waals surface area contributed by atoms with Crippen molar-refractivity contribution in [2.75, 3.05) is 13.7 Å². The molecule has 2 aliphatic rings. The molecule has 0 unspecified atom stereocenters. The molecule has 5 rings (SSSR count). The third kappa shape index (κ3) is 5.19. The van der Waals surface area contributed by atoms with Gasteiger partial charge in [-0.05, 0) is 18.6 Å². The Balaban J connectivity index is 1.54. The first-order valence-corrected chi connectivity index (χ1v) is 12.8. The molecule has 8 atom stereocenters. The van der Waals surface area contributed by atoms with Gasteiger partial charge in [0.1, 0.15) is 30.1 Å². The normalized spacial score (nSPS) is 30.0. The number of para-hydroxylation sites is 1. The lowest BCUT2D eigenvalue weighted by atomic mass is 9.80. The number of hydrogen-bond acceptors (Lipinski definition) is 11. The minimum Gasteiger partial charge on any atom is -0.477 e. The van der Waals surface area contributed by atoms with Gasteiger partial charge in [0.2, 0.25) is 6.29 Å². The highest BCUT2D eigenvalue weighted by molar-refractivity contribution is 6.09. The molecule has 2 aromatic heterocycles. The first-order chi connectivity index (χ1) is 19.7. The average Bonchev–Trinajstić information content (AvgIpc) is 3.36. The molecule has 13 heteroatoms. The maximum atomic E-state index is 12.8. The SMILES string of the molecule is C=C[C@H]1[C@H](O[C@@H]2O[C@H](CO)[C@@H](O)[C@H](O)[C@H]2O)OC=C(C(=O)OC)[C@H]1Cc1nc(C(=O)O)cc2c1[nH]c1ccccc12. The number of rotatable bonds is 8. The van der Waals surface area contributed by atoms with Crippen molar-refractivity contribution in [2.24, 2.45) is 11.8 Å². The van der Waals surface area contributed by atoms with Gasteiger partial charge in [-0.1, -0.05) is 24.3 Å². The van der Waals surface area contributed by atoms with Gasteiger partial charge in [0.05, 0.1) is 36.8 Å². The van der Waals surface area contributed by atoms with E-state index in [1.54, 1.807) is 0 Å². The number of fused-ring (bicyclic) bond motifs is 3. The van der Waals surface area contributed by atoms with Crippen LogP contribution in [0.15, 0.2) is 54.8 Å². The molecule has 6 N–H and O–H groups in total. The Hall–Kier alpha value is -3.85. The second kappa shape index (κ2) is 11.6. The number of benzene rings is 1. The van der Waals surface area contributed by atoms with Crippen molar-refractivity contribution in [3.63, 3.8) is 0 Å². The molecule has 1 aromatic carbocycles. The number of aromatic nitrogens is 2. The van der Waals surface area contributed by atoms with E-state index < -0.39 is 67.4 Å². The highest BCUT2D eigenvalue weighted by Crippen LogP contribution is 2.38. The van der Waals surface area contributed by atoms with Crippen LogP contribution in [-0.4, -0.2) is 98.2 Å². The van der Waals surface area contributed by atoms with Crippen LogP contribution in [0.3, 0.4) is 0 Å². The van der Waals surface area contributed by atoms with Crippen LogP contribution in [0.1, 0.15) is 16.2 Å². The smallest absolute Gasteiger partial charge is 0.354 e. The van der Waals surface area contributed by atoms with Crippen molar-refractivity contribution in [1.82, 2.24) is 9.97 Å². The average molecular weight is 571 g/mol. The number of aliphatic hydroxyl groups is 4. The number of carbonyl (C=O) groups excluding carboxylic acids is 1. The fourth-order valence-electron chi connectivity index (χ4n) is 5.37. The summed E-state index contributed by atoms with van der Waals surface area (Å²) in [7, 11) is 1.21. The van der Waals surface area contributed by atoms with E-state index in [4.69, 9.17) is 18.9 Å². The number of nitrogens with one attached hydrogen (secondary N) is 1. The van der Waals surface area contributed by atoms with Gasteiger partial charge in [-0.15, -0.1) is 6.58 Å². The van der Waals surface area contributed by atoms with E-state index >= 15 is 0 Å². The number of aromatic carboxylic acids is 1. The summed E-state index contributed by atoms with van der Waals surface area (Å²) in [5.74, 6) is -3.47. The molecule has 4 heterocycles. The summed E-state index contributed by atoms with van der Waals surface area (Å²) in [4.78, 5) is 32.5.